The van der Waals surface area contributed by atoms with Crippen molar-refractivity contribution < 1.29 is 4.74 Å². The normalized spacial score (nSPS) is 11.7. The van der Waals surface area contributed by atoms with Crippen LogP contribution in [0.2, 0.25) is 0 Å². The van der Waals surface area contributed by atoms with Crippen LogP contribution in [0.1, 0.15) is 43.6 Å². The van der Waals surface area contributed by atoms with Crippen LogP contribution in [0, 0.1) is 6.92 Å². The molecule has 1 aromatic carbocycles. The van der Waals surface area contributed by atoms with Crippen molar-refractivity contribution >= 4 is 17.4 Å². The number of hydrogen-bond acceptors (Lipinski definition) is 4. The lowest BCUT2D eigenvalue weighted by Gasteiger charge is -2.29. The minimum atomic E-state index is -0.286. The zero-order valence-corrected chi connectivity index (χ0v) is 18.1. The fourth-order valence-corrected chi connectivity index (χ4v) is 3.18. The van der Waals surface area contributed by atoms with Gasteiger partial charge < -0.3 is 9.64 Å². The molecule has 0 aliphatic heterocycles. The number of nitrogens with zero attached hydrogens (tertiary/aromatic N) is 5. The molecule has 0 atom stereocenters. The van der Waals surface area contributed by atoms with Crippen molar-refractivity contribution in [2.45, 2.75) is 39.3 Å². The highest BCUT2D eigenvalue weighted by atomic mass is 32.1. The number of hydrogen-bond donors (Lipinski definition) is 0. The van der Waals surface area contributed by atoms with Crippen LogP contribution in [0.4, 0.5) is 0 Å². The van der Waals surface area contributed by atoms with Crippen molar-refractivity contribution in [3.63, 3.8) is 0 Å². The van der Waals surface area contributed by atoms with Gasteiger partial charge in [0.25, 0.3) is 5.17 Å². The van der Waals surface area contributed by atoms with Crippen LogP contribution >= 0.6 is 12.2 Å². The molecule has 0 aliphatic rings. The topological polar surface area (TPSA) is 48.1 Å². The SMILES string of the molecule is Cc1cc(C(n2cccn2)n2cccn2)c(OC(=S)N(C)C)c(C(C)(C)C)c1. The van der Waals surface area contributed by atoms with Crippen molar-refractivity contribution in [1.29, 1.82) is 0 Å². The van der Waals surface area contributed by atoms with E-state index in [-0.39, 0.29) is 11.6 Å². The Morgan fingerprint density at radius 1 is 1.07 bits per heavy atom. The first kappa shape index (κ1) is 20.1. The first-order valence-electron chi connectivity index (χ1n) is 9.21. The van der Waals surface area contributed by atoms with Crippen LogP contribution in [-0.4, -0.2) is 43.7 Å². The van der Waals surface area contributed by atoms with Crippen LogP contribution in [-0.2, 0) is 5.41 Å². The molecule has 7 heteroatoms. The van der Waals surface area contributed by atoms with Gasteiger partial charge in [-0.1, -0.05) is 32.4 Å². The molecule has 28 heavy (non-hydrogen) atoms. The molecule has 0 unspecified atom stereocenters. The van der Waals surface area contributed by atoms with Crippen LogP contribution < -0.4 is 4.74 Å². The first-order chi connectivity index (χ1) is 13.2. The summed E-state index contributed by atoms with van der Waals surface area (Å²) in [6.07, 6.45) is 7.11. The van der Waals surface area contributed by atoms with E-state index in [1.807, 2.05) is 48.0 Å². The molecular formula is C21H27N5OS. The van der Waals surface area contributed by atoms with Gasteiger partial charge in [-0.05, 0) is 42.8 Å². The Balaban J connectivity index is 2.28. The standard InChI is InChI=1S/C21H27N5OS/c1-15-13-16(19(25-11-7-9-22-25)26-12-8-10-23-26)18(27-20(28)24(5)6)17(14-15)21(2,3)4/h7-14,19H,1-6H3. The largest absolute Gasteiger partial charge is 0.431 e. The maximum absolute atomic E-state index is 6.27. The summed E-state index contributed by atoms with van der Waals surface area (Å²) in [5.41, 5.74) is 3.07. The molecule has 3 aromatic rings. The molecule has 0 N–H and O–H groups in total. The Labute approximate surface area is 171 Å². The molecule has 0 fully saturated rings. The lowest BCUT2D eigenvalue weighted by atomic mass is 9.83. The van der Waals surface area contributed by atoms with Gasteiger partial charge in [-0.25, -0.2) is 9.36 Å². The van der Waals surface area contributed by atoms with Gasteiger partial charge in [0.05, 0.1) is 0 Å². The number of ether oxygens (including phenoxy) is 1. The third-order valence-corrected chi connectivity index (χ3v) is 4.90. The van der Waals surface area contributed by atoms with Crippen molar-refractivity contribution in [2.24, 2.45) is 0 Å². The Morgan fingerprint density at radius 3 is 2.07 bits per heavy atom. The Morgan fingerprint density at radius 2 is 1.64 bits per heavy atom. The molecule has 0 bridgehead atoms. The molecule has 0 saturated heterocycles. The second kappa shape index (κ2) is 7.75. The Hall–Kier alpha value is -2.67. The number of aryl methyl sites for hydroxylation is 1. The van der Waals surface area contributed by atoms with E-state index in [2.05, 4.69) is 50.0 Å². The predicted octanol–water partition coefficient (Wildman–Crippen LogP) is 4.01. The molecule has 0 amide bonds. The van der Waals surface area contributed by atoms with Crippen molar-refractivity contribution in [2.75, 3.05) is 14.1 Å². The van der Waals surface area contributed by atoms with Gasteiger partial charge in [0, 0.05) is 50.0 Å². The Bertz CT molecular complexity index is 906. The fourth-order valence-electron chi connectivity index (χ4n) is 3.10. The number of aromatic nitrogens is 4. The number of rotatable bonds is 4. The zero-order valence-electron chi connectivity index (χ0n) is 17.2. The van der Waals surface area contributed by atoms with E-state index < -0.39 is 0 Å². The summed E-state index contributed by atoms with van der Waals surface area (Å²) in [6.45, 7) is 8.62. The Kier molecular flexibility index (Phi) is 5.56. The lowest BCUT2D eigenvalue weighted by Crippen LogP contribution is -2.29. The molecule has 148 valence electrons. The molecule has 2 heterocycles. The smallest absolute Gasteiger partial charge is 0.264 e. The molecule has 6 nitrogen and oxygen atoms in total. The number of benzene rings is 1. The van der Waals surface area contributed by atoms with Crippen molar-refractivity contribution in [3.8, 4) is 5.75 Å². The van der Waals surface area contributed by atoms with Crippen LogP contribution in [0.5, 0.6) is 5.75 Å². The van der Waals surface area contributed by atoms with Gasteiger partial charge >= 0.3 is 0 Å². The summed E-state index contributed by atoms with van der Waals surface area (Å²) in [6, 6.07) is 8.10. The average molecular weight is 398 g/mol. The third-order valence-electron chi connectivity index (χ3n) is 4.45. The van der Waals surface area contributed by atoms with E-state index in [0.29, 0.717) is 5.17 Å². The quantitative estimate of drug-likeness (QED) is 0.623. The van der Waals surface area contributed by atoms with Gasteiger partial charge in [0.15, 0.2) is 6.17 Å². The van der Waals surface area contributed by atoms with Gasteiger partial charge in [0.1, 0.15) is 5.75 Å². The zero-order chi connectivity index (χ0) is 20.5. The number of thiocarbonyl (C=S) groups is 1. The molecule has 0 radical (unpaired) electrons. The maximum atomic E-state index is 6.27. The molecule has 0 saturated carbocycles. The molecule has 2 aromatic heterocycles. The second-order valence-corrected chi connectivity index (χ2v) is 8.44. The fraction of sp³-hybridized carbons (Fsp3) is 0.381. The molecule has 3 rings (SSSR count). The molecular weight excluding hydrogens is 370 g/mol. The first-order valence-corrected chi connectivity index (χ1v) is 9.61. The summed E-state index contributed by atoms with van der Waals surface area (Å²) in [4.78, 5) is 1.79. The summed E-state index contributed by atoms with van der Waals surface area (Å²) in [5.74, 6) is 0.757. The lowest BCUT2D eigenvalue weighted by molar-refractivity contribution is 0.386. The monoisotopic (exact) mass is 397 g/mol. The van der Waals surface area contributed by atoms with E-state index in [1.54, 1.807) is 17.3 Å². The highest BCUT2D eigenvalue weighted by Crippen LogP contribution is 2.39. The van der Waals surface area contributed by atoms with Crippen LogP contribution in [0.25, 0.3) is 0 Å². The minimum Gasteiger partial charge on any atom is -0.431 e. The van der Waals surface area contributed by atoms with E-state index in [0.717, 1.165) is 22.4 Å². The van der Waals surface area contributed by atoms with Gasteiger partial charge in [-0.3, -0.25) is 0 Å². The highest BCUT2D eigenvalue weighted by Gasteiger charge is 2.29. The summed E-state index contributed by atoms with van der Waals surface area (Å²) >= 11 is 5.48. The minimum absolute atomic E-state index is 0.128. The van der Waals surface area contributed by atoms with Crippen LogP contribution in [0.3, 0.4) is 0 Å². The third kappa shape index (κ3) is 4.09. The van der Waals surface area contributed by atoms with E-state index in [9.17, 15) is 0 Å². The van der Waals surface area contributed by atoms with Crippen LogP contribution in [0.15, 0.2) is 49.1 Å². The highest BCUT2D eigenvalue weighted by molar-refractivity contribution is 7.80. The van der Waals surface area contributed by atoms with Gasteiger partial charge in [-0.2, -0.15) is 10.2 Å². The summed E-state index contributed by atoms with van der Waals surface area (Å²) in [7, 11) is 3.76. The van der Waals surface area contributed by atoms with Crippen molar-refractivity contribution in [3.05, 3.63) is 65.7 Å². The van der Waals surface area contributed by atoms with E-state index in [4.69, 9.17) is 17.0 Å². The summed E-state index contributed by atoms with van der Waals surface area (Å²) in [5, 5.41) is 9.38. The predicted molar refractivity (Wildman–Crippen MR) is 115 cm³/mol. The van der Waals surface area contributed by atoms with Gasteiger partial charge in [-0.15, -0.1) is 0 Å². The summed E-state index contributed by atoms with van der Waals surface area (Å²) < 4.78 is 10.0. The molecule has 0 aliphatic carbocycles. The van der Waals surface area contributed by atoms with Gasteiger partial charge in [0.2, 0.25) is 0 Å². The maximum Gasteiger partial charge on any atom is 0.264 e. The van der Waals surface area contributed by atoms with Crippen molar-refractivity contribution in [1.82, 2.24) is 24.5 Å². The van der Waals surface area contributed by atoms with E-state index in [1.165, 1.54) is 0 Å². The van der Waals surface area contributed by atoms with E-state index >= 15 is 0 Å². The second-order valence-electron chi connectivity index (χ2n) is 8.09. The molecule has 0 spiro atoms. The average Bonchev–Trinajstić information content (AvgIpc) is 3.30.